The van der Waals surface area contributed by atoms with Gasteiger partial charge < -0.3 is 20.5 Å². The van der Waals surface area contributed by atoms with Crippen LogP contribution in [0, 0.1) is 0 Å². The van der Waals surface area contributed by atoms with Crippen LogP contribution >= 0.6 is 11.8 Å². The molecule has 0 unspecified atom stereocenters. The van der Waals surface area contributed by atoms with Crippen molar-refractivity contribution in [3.05, 3.63) is 77.1 Å². The van der Waals surface area contributed by atoms with Gasteiger partial charge in [-0.1, -0.05) is 48.5 Å². The summed E-state index contributed by atoms with van der Waals surface area (Å²) in [6.45, 7) is 0.691. The van der Waals surface area contributed by atoms with Gasteiger partial charge in [-0.15, -0.1) is 0 Å². The molecule has 0 saturated carbocycles. The number of carbonyl (C=O) groups is 3. The van der Waals surface area contributed by atoms with Gasteiger partial charge in [-0.3, -0.25) is 9.48 Å². The Labute approximate surface area is 206 Å². The van der Waals surface area contributed by atoms with E-state index in [4.69, 9.17) is 9.84 Å². The summed E-state index contributed by atoms with van der Waals surface area (Å²) in [5, 5.41) is 18.5. The van der Waals surface area contributed by atoms with Gasteiger partial charge in [0.15, 0.2) is 0 Å². The number of aromatic carboxylic acids is 1. The number of rotatable bonds is 10. The Kier molecular flexibility index (Phi) is 7.71. The first-order chi connectivity index (χ1) is 17.0. The molecule has 0 fully saturated rings. The largest absolute Gasteiger partial charge is 0.478 e. The van der Waals surface area contributed by atoms with Gasteiger partial charge in [0.1, 0.15) is 12.2 Å². The van der Waals surface area contributed by atoms with Crippen LogP contribution in [0.25, 0.3) is 11.1 Å². The third-order valence-corrected chi connectivity index (χ3v) is 6.80. The van der Waals surface area contributed by atoms with Crippen molar-refractivity contribution in [3.8, 4) is 11.1 Å². The van der Waals surface area contributed by atoms with E-state index in [-0.39, 0.29) is 36.3 Å². The normalized spacial score (nSPS) is 12.0. The summed E-state index contributed by atoms with van der Waals surface area (Å²) in [6, 6.07) is 16.3. The number of hydrogen-bond donors (Lipinski definition) is 3. The lowest BCUT2D eigenvalue weighted by molar-refractivity contribution is -0.118. The van der Waals surface area contributed by atoms with Crippen molar-refractivity contribution in [2.45, 2.75) is 12.5 Å². The van der Waals surface area contributed by atoms with Crippen molar-refractivity contribution in [3.63, 3.8) is 0 Å². The Morgan fingerprint density at radius 1 is 1.06 bits per heavy atom. The fraction of sp³-hybridized carbons (Fsp3) is 0.280. The molecule has 0 saturated heterocycles. The van der Waals surface area contributed by atoms with Crippen LogP contribution in [0.5, 0.6) is 0 Å². The lowest BCUT2D eigenvalue weighted by atomic mass is 9.98. The fourth-order valence-corrected chi connectivity index (χ4v) is 4.80. The first-order valence-electron chi connectivity index (χ1n) is 11.1. The first kappa shape index (κ1) is 24.3. The predicted octanol–water partition coefficient (Wildman–Crippen LogP) is 3.01. The van der Waals surface area contributed by atoms with E-state index in [1.807, 2.05) is 24.3 Å². The Morgan fingerprint density at radius 3 is 2.37 bits per heavy atom. The highest BCUT2D eigenvalue weighted by atomic mass is 32.2. The number of aromatic nitrogens is 2. The third kappa shape index (κ3) is 5.65. The lowest BCUT2D eigenvalue weighted by Gasteiger charge is -2.14. The summed E-state index contributed by atoms with van der Waals surface area (Å²) < 4.78 is 6.92. The van der Waals surface area contributed by atoms with E-state index in [1.165, 1.54) is 33.8 Å². The second-order valence-electron chi connectivity index (χ2n) is 8.02. The van der Waals surface area contributed by atoms with Crippen LogP contribution in [-0.4, -0.2) is 57.5 Å². The topological polar surface area (TPSA) is 123 Å². The van der Waals surface area contributed by atoms with E-state index in [2.05, 4.69) is 40.0 Å². The van der Waals surface area contributed by atoms with Crippen LogP contribution in [0.3, 0.4) is 0 Å². The molecule has 35 heavy (non-hydrogen) atoms. The second-order valence-corrected chi connectivity index (χ2v) is 9.12. The molecule has 1 aromatic heterocycles. The van der Waals surface area contributed by atoms with Gasteiger partial charge in [0.2, 0.25) is 5.91 Å². The van der Waals surface area contributed by atoms with Crippen LogP contribution in [0.15, 0.2) is 54.7 Å². The van der Waals surface area contributed by atoms with E-state index in [0.29, 0.717) is 18.0 Å². The summed E-state index contributed by atoms with van der Waals surface area (Å²) >= 11 is 1.36. The van der Waals surface area contributed by atoms with Crippen LogP contribution in [0.2, 0.25) is 0 Å². The van der Waals surface area contributed by atoms with Gasteiger partial charge in [-0.2, -0.15) is 16.9 Å². The van der Waals surface area contributed by atoms with Crippen molar-refractivity contribution >= 4 is 29.7 Å². The van der Waals surface area contributed by atoms with E-state index in [0.717, 1.165) is 11.1 Å². The molecule has 3 aromatic rings. The highest BCUT2D eigenvalue weighted by molar-refractivity contribution is 7.99. The molecule has 9 nitrogen and oxygen atoms in total. The highest BCUT2D eigenvalue weighted by Crippen LogP contribution is 2.44. The quantitative estimate of drug-likeness (QED) is 0.370. The van der Waals surface area contributed by atoms with Gasteiger partial charge in [0.25, 0.3) is 0 Å². The zero-order chi connectivity index (χ0) is 24.8. The standard InChI is InChI=1S/C25H26N4O5S/c1-29-22(20(12-28-29)24(31)32)13-27-23(30)15-35-11-10-26-25(33)34-14-21-18-8-4-2-6-16(18)17-7-3-5-9-19(17)21/h2-9,12,21H,10-11,13-15H2,1H3,(H,26,33)(H,27,30)(H,31,32). The Hall–Kier alpha value is -3.79. The molecule has 1 aliphatic carbocycles. The molecule has 1 heterocycles. The molecule has 2 amide bonds. The smallest absolute Gasteiger partial charge is 0.407 e. The van der Waals surface area contributed by atoms with Gasteiger partial charge in [-0.05, 0) is 22.3 Å². The van der Waals surface area contributed by atoms with Crippen LogP contribution in [-0.2, 0) is 23.1 Å². The summed E-state index contributed by atoms with van der Waals surface area (Å²) in [5.41, 5.74) is 5.15. The first-order valence-corrected chi connectivity index (χ1v) is 12.3. The Balaban J connectivity index is 1.15. The van der Waals surface area contributed by atoms with Gasteiger partial charge >= 0.3 is 12.1 Å². The average Bonchev–Trinajstić information content (AvgIpc) is 3.39. The summed E-state index contributed by atoms with van der Waals surface area (Å²) in [6.07, 6.45) is 0.766. The number of carboxylic acid groups (broad SMARTS) is 1. The highest BCUT2D eigenvalue weighted by Gasteiger charge is 2.28. The maximum atomic E-state index is 12.2. The molecule has 182 valence electrons. The Morgan fingerprint density at radius 2 is 1.71 bits per heavy atom. The van der Waals surface area contributed by atoms with Gasteiger partial charge in [0.05, 0.1) is 24.2 Å². The number of carbonyl (C=O) groups excluding carboxylic acids is 2. The molecule has 0 bridgehead atoms. The molecule has 1 aliphatic rings. The number of thioether (sulfide) groups is 1. The Bertz CT molecular complexity index is 1200. The minimum absolute atomic E-state index is 0.00675. The zero-order valence-electron chi connectivity index (χ0n) is 19.2. The molecule has 0 aliphatic heterocycles. The lowest BCUT2D eigenvalue weighted by Crippen LogP contribution is -2.29. The number of hydrogen-bond acceptors (Lipinski definition) is 6. The van der Waals surface area contributed by atoms with Crippen LogP contribution in [0.1, 0.15) is 33.1 Å². The van der Waals surface area contributed by atoms with E-state index in [1.54, 1.807) is 7.05 Å². The summed E-state index contributed by atoms with van der Waals surface area (Å²) in [5.74, 6) is -0.590. The molecule has 4 rings (SSSR count). The molecule has 0 atom stereocenters. The maximum Gasteiger partial charge on any atom is 0.407 e. The summed E-state index contributed by atoms with van der Waals surface area (Å²) in [7, 11) is 1.62. The number of carboxylic acids is 1. The number of alkyl carbamates (subject to hydrolysis) is 1. The maximum absolute atomic E-state index is 12.2. The molecule has 2 aromatic carbocycles. The molecule has 10 heteroatoms. The number of nitrogens with zero attached hydrogens (tertiary/aromatic N) is 2. The fourth-order valence-electron chi connectivity index (χ4n) is 4.12. The molecule has 0 spiro atoms. The minimum atomic E-state index is -1.09. The third-order valence-electron chi connectivity index (χ3n) is 5.84. The molecule has 0 radical (unpaired) electrons. The summed E-state index contributed by atoms with van der Waals surface area (Å²) in [4.78, 5) is 35.4. The number of ether oxygens (including phenoxy) is 1. The molecular weight excluding hydrogens is 468 g/mol. The monoisotopic (exact) mass is 494 g/mol. The number of fused-ring (bicyclic) bond motifs is 3. The van der Waals surface area contributed by atoms with Crippen LogP contribution in [0.4, 0.5) is 4.79 Å². The van der Waals surface area contributed by atoms with E-state index < -0.39 is 12.1 Å². The zero-order valence-corrected chi connectivity index (χ0v) is 20.0. The number of benzene rings is 2. The average molecular weight is 495 g/mol. The number of nitrogens with one attached hydrogen (secondary N) is 2. The van der Waals surface area contributed by atoms with Crippen molar-refractivity contribution in [2.75, 3.05) is 24.7 Å². The van der Waals surface area contributed by atoms with Crippen molar-refractivity contribution in [2.24, 2.45) is 7.05 Å². The van der Waals surface area contributed by atoms with Gasteiger partial charge in [-0.25, -0.2) is 9.59 Å². The van der Waals surface area contributed by atoms with E-state index in [9.17, 15) is 14.4 Å². The van der Waals surface area contributed by atoms with Crippen molar-refractivity contribution < 1.29 is 24.2 Å². The predicted molar refractivity (Wildman–Crippen MR) is 132 cm³/mol. The second kappa shape index (κ2) is 11.1. The molecular formula is C25H26N4O5S. The van der Waals surface area contributed by atoms with Gasteiger partial charge in [0, 0.05) is 25.3 Å². The van der Waals surface area contributed by atoms with Crippen molar-refractivity contribution in [1.29, 1.82) is 0 Å². The SMILES string of the molecule is Cn1ncc(C(=O)O)c1CNC(=O)CSCCNC(=O)OCC1c2ccccc2-c2ccccc21. The minimum Gasteiger partial charge on any atom is -0.478 e. The van der Waals surface area contributed by atoms with Crippen LogP contribution < -0.4 is 10.6 Å². The molecule has 3 N–H and O–H groups in total. The van der Waals surface area contributed by atoms with E-state index >= 15 is 0 Å². The number of amides is 2. The van der Waals surface area contributed by atoms with Crippen molar-refractivity contribution in [1.82, 2.24) is 20.4 Å². The number of aryl methyl sites for hydroxylation is 1.